The maximum Gasteiger partial charge on any atom is 0.158 e. The van der Waals surface area contributed by atoms with Gasteiger partial charge in [-0.3, -0.25) is 0 Å². The van der Waals surface area contributed by atoms with Crippen molar-refractivity contribution in [2.75, 3.05) is 13.2 Å². The van der Waals surface area contributed by atoms with Crippen LogP contribution in [-0.2, 0) is 11.3 Å². The maximum atomic E-state index is 12.9. The Bertz CT molecular complexity index is 544. The molecule has 1 aliphatic heterocycles. The summed E-state index contributed by atoms with van der Waals surface area (Å²) in [5.74, 6) is 1.48. The van der Waals surface area contributed by atoms with Crippen molar-refractivity contribution in [3.8, 4) is 11.3 Å². The summed E-state index contributed by atoms with van der Waals surface area (Å²) in [6.45, 7) is 2.68. The first kappa shape index (κ1) is 13.3. The zero-order valence-corrected chi connectivity index (χ0v) is 11.3. The van der Waals surface area contributed by atoms with E-state index in [1.165, 1.54) is 18.6 Å². The average molecular weight is 276 g/mol. The van der Waals surface area contributed by atoms with E-state index in [1.54, 1.807) is 12.1 Å². The molecule has 106 valence electrons. The molecule has 1 aliphatic rings. The zero-order chi connectivity index (χ0) is 13.8. The van der Waals surface area contributed by atoms with Crippen LogP contribution in [0.1, 0.15) is 18.6 Å². The molecule has 3 rings (SSSR count). The van der Waals surface area contributed by atoms with Crippen LogP contribution < -0.4 is 5.32 Å². The fourth-order valence-corrected chi connectivity index (χ4v) is 2.50. The number of hydrogen-bond donors (Lipinski definition) is 1. The summed E-state index contributed by atoms with van der Waals surface area (Å²) in [5.41, 5.74) is 0.900. The third-order valence-corrected chi connectivity index (χ3v) is 3.59. The summed E-state index contributed by atoms with van der Waals surface area (Å²) in [4.78, 5) is 0. The minimum Gasteiger partial charge on any atom is -0.455 e. The summed E-state index contributed by atoms with van der Waals surface area (Å²) < 4.78 is 24.2. The number of nitrogens with two attached hydrogens (primary N) is 1. The van der Waals surface area contributed by atoms with Crippen molar-refractivity contribution in [2.24, 2.45) is 0 Å². The Morgan fingerprint density at radius 3 is 2.75 bits per heavy atom. The molecule has 2 heterocycles. The second kappa shape index (κ2) is 6.20. The van der Waals surface area contributed by atoms with Gasteiger partial charge in [-0.2, -0.15) is 0 Å². The van der Waals surface area contributed by atoms with Gasteiger partial charge in [0.05, 0.1) is 0 Å². The van der Waals surface area contributed by atoms with E-state index >= 15 is 0 Å². The lowest BCUT2D eigenvalue weighted by atomic mass is 10.2. The summed E-state index contributed by atoms with van der Waals surface area (Å²) >= 11 is 0. The van der Waals surface area contributed by atoms with Crippen LogP contribution in [0.2, 0.25) is 0 Å². The van der Waals surface area contributed by atoms with Gasteiger partial charge in [0.25, 0.3) is 0 Å². The van der Waals surface area contributed by atoms with Gasteiger partial charge in [0.2, 0.25) is 0 Å². The van der Waals surface area contributed by atoms with Gasteiger partial charge in [0.15, 0.2) is 5.76 Å². The van der Waals surface area contributed by atoms with Crippen LogP contribution >= 0.6 is 0 Å². The summed E-state index contributed by atoms with van der Waals surface area (Å²) in [7, 11) is 0. The van der Waals surface area contributed by atoms with Crippen LogP contribution in [0.15, 0.2) is 40.8 Å². The molecule has 1 saturated heterocycles. The molecule has 0 spiro atoms. The van der Waals surface area contributed by atoms with E-state index in [9.17, 15) is 4.39 Å². The third-order valence-electron chi connectivity index (χ3n) is 3.59. The molecule has 0 aliphatic carbocycles. The van der Waals surface area contributed by atoms with Crippen molar-refractivity contribution >= 4 is 0 Å². The monoisotopic (exact) mass is 276 g/mol. The number of rotatable bonds is 5. The van der Waals surface area contributed by atoms with Crippen LogP contribution in [0.25, 0.3) is 11.3 Å². The molecule has 1 atom stereocenters. The predicted octanol–water partition coefficient (Wildman–Crippen LogP) is 2.33. The number of quaternary nitrogens is 1. The molecular formula is C16H19FNO2+. The van der Waals surface area contributed by atoms with Crippen LogP contribution in [0.4, 0.5) is 4.39 Å². The molecule has 4 heteroatoms. The number of halogens is 1. The molecule has 1 fully saturated rings. The Morgan fingerprint density at radius 1 is 1.15 bits per heavy atom. The van der Waals surface area contributed by atoms with E-state index < -0.39 is 0 Å². The fourth-order valence-electron chi connectivity index (χ4n) is 2.50. The Balaban J connectivity index is 1.55. The number of furan rings is 1. The van der Waals surface area contributed by atoms with E-state index in [0.717, 1.165) is 43.2 Å². The first-order valence-corrected chi connectivity index (χ1v) is 7.09. The van der Waals surface area contributed by atoms with Crippen molar-refractivity contribution < 1.29 is 18.9 Å². The van der Waals surface area contributed by atoms with Gasteiger partial charge in [-0.05, 0) is 49.2 Å². The van der Waals surface area contributed by atoms with E-state index in [2.05, 4.69) is 5.32 Å². The summed E-state index contributed by atoms with van der Waals surface area (Å²) in [5, 5.41) is 2.21. The highest BCUT2D eigenvalue weighted by Crippen LogP contribution is 2.22. The largest absolute Gasteiger partial charge is 0.455 e. The number of hydrogen-bond acceptors (Lipinski definition) is 2. The number of ether oxygens (including phenoxy) is 1. The molecule has 0 radical (unpaired) electrons. The van der Waals surface area contributed by atoms with Crippen LogP contribution in [-0.4, -0.2) is 19.3 Å². The van der Waals surface area contributed by atoms with Crippen molar-refractivity contribution in [3.63, 3.8) is 0 Å². The van der Waals surface area contributed by atoms with Crippen molar-refractivity contribution in [1.29, 1.82) is 0 Å². The predicted molar refractivity (Wildman–Crippen MR) is 73.6 cm³/mol. The molecule has 1 aromatic carbocycles. The molecule has 0 saturated carbocycles. The normalized spacial score (nSPS) is 18.6. The fraction of sp³-hybridized carbons (Fsp3) is 0.375. The van der Waals surface area contributed by atoms with Gasteiger partial charge in [-0.1, -0.05) is 0 Å². The van der Waals surface area contributed by atoms with Crippen molar-refractivity contribution in [2.45, 2.75) is 25.5 Å². The number of benzene rings is 1. The van der Waals surface area contributed by atoms with Crippen LogP contribution in [0.3, 0.4) is 0 Å². The topological polar surface area (TPSA) is 39.0 Å². The molecule has 3 nitrogen and oxygen atoms in total. The van der Waals surface area contributed by atoms with Gasteiger partial charge in [0.1, 0.15) is 30.8 Å². The SMILES string of the molecule is Fc1ccc(-c2ccc(C[NH2+]C[C@@H]3CCCO3)o2)cc1. The summed E-state index contributed by atoms with van der Waals surface area (Å²) in [6.07, 6.45) is 2.73. The Hall–Kier alpha value is -1.65. The van der Waals surface area contributed by atoms with Crippen molar-refractivity contribution in [1.82, 2.24) is 0 Å². The Kier molecular flexibility index (Phi) is 4.14. The molecule has 0 unspecified atom stereocenters. The maximum absolute atomic E-state index is 12.9. The quantitative estimate of drug-likeness (QED) is 0.910. The minimum atomic E-state index is -0.231. The summed E-state index contributed by atoms with van der Waals surface area (Å²) in [6, 6.07) is 10.3. The lowest BCUT2D eigenvalue weighted by Crippen LogP contribution is -2.84. The Morgan fingerprint density at radius 2 is 2.00 bits per heavy atom. The molecule has 2 N–H and O–H groups in total. The lowest BCUT2D eigenvalue weighted by molar-refractivity contribution is -0.677. The van der Waals surface area contributed by atoms with Gasteiger partial charge in [-0.15, -0.1) is 0 Å². The first-order chi connectivity index (χ1) is 9.81. The highest BCUT2D eigenvalue weighted by molar-refractivity contribution is 5.57. The zero-order valence-electron chi connectivity index (χ0n) is 11.3. The molecule has 2 aromatic rings. The minimum absolute atomic E-state index is 0.231. The highest BCUT2D eigenvalue weighted by Gasteiger charge is 2.17. The second-order valence-electron chi connectivity index (χ2n) is 5.14. The van der Waals surface area contributed by atoms with Gasteiger partial charge in [-0.25, -0.2) is 4.39 Å². The van der Waals surface area contributed by atoms with E-state index in [4.69, 9.17) is 9.15 Å². The van der Waals surface area contributed by atoms with E-state index in [1.807, 2.05) is 12.1 Å². The van der Waals surface area contributed by atoms with E-state index in [-0.39, 0.29) is 5.82 Å². The van der Waals surface area contributed by atoms with Crippen LogP contribution in [0.5, 0.6) is 0 Å². The van der Waals surface area contributed by atoms with Crippen molar-refractivity contribution in [3.05, 3.63) is 48.0 Å². The van der Waals surface area contributed by atoms with E-state index in [0.29, 0.717) is 6.10 Å². The van der Waals surface area contributed by atoms with Crippen LogP contribution in [0, 0.1) is 5.82 Å². The smallest absolute Gasteiger partial charge is 0.158 e. The molecule has 0 amide bonds. The lowest BCUT2D eigenvalue weighted by Gasteiger charge is -2.06. The third kappa shape index (κ3) is 3.26. The average Bonchev–Trinajstić information content (AvgIpc) is 3.11. The Labute approximate surface area is 117 Å². The van der Waals surface area contributed by atoms with Gasteiger partial charge < -0.3 is 14.5 Å². The highest BCUT2D eigenvalue weighted by atomic mass is 19.1. The molecule has 0 bridgehead atoms. The van der Waals surface area contributed by atoms with Gasteiger partial charge >= 0.3 is 0 Å². The second-order valence-corrected chi connectivity index (χ2v) is 5.14. The van der Waals surface area contributed by atoms with Gasteiger partial charge in [0, 0.05) is 12.2 Å². The first-order valence-electron chi connectivity index (χ1n) is 7.09. The molecular weight excluding hydrogens is 257 g/mol. The molecule has 1 aromatic heterocycles. The molecule has 20 heavy (non-hydrogen) atoms. The standard InChI is InChI=1S/C16H18FNO2/c17-13-5-3-12(4-6-13)16-8-7-15(20-16)11-18-10-14-2-1-9-19-14/h3-8,14,18H,1-2,9-11H2/p+1/t14-/m0/s1.